The Morgan fingerprint density at radius 3 is 2.25 bits per heavy atom. The Balaban J connectivity index is 1.33. The molecule has 1 N–H and O–H groups in total. The largest absolute Gasteiger partial charge is 0.449 e. The monoisotopic (exact) mass is 424 g/mol. The second-order valence-electron chi connectivity index (χ2n) is 7.76. The molecular weight excluding hydrogens is 400 g/mol. The molecule has 3 aromatic carbocycles. The molecule has 0 atom stereocenters. The first-order chi connectivity index (χ1) is 15.5. The van der Waals surface area contributed by atoms with Crippen molar-refractivity contribution < 1.29 is 14.3 Å². The number of carbonyl (C=O) groups excluding carboxylic acids is 2. The van der Waals surface area contributed by atoms with Crippen LogP contribution in [0.25, 0.3) is 11.1 Å². The fourth-order valence-electron chi connectivity index (χ4n) is 3.90. The summed E-state index contributed by atoms with van der Waals surface area (Å²) in [5.74, 6) is 5.81. The van der Waals surface area contributed by atoms with Crippen LogP contribution in [-0.2, 0) is 4.74 Å². The van der Waals surface area contributed by atoms with Gasteiger partial charge in [0.25, 0.3) is 5.91 Å². The van der Waals surface area contributed by atoms with E-state index in [0.717, 1.165) is 0 Å². The van der Waals surface area contributed by atoms with E-state index in [2.05, 4.69) is 41.4 Å². The third kappa shape index (κ3) is 4.50. The summed E-state index contributed by atoms with van der Waals surface area (Å²) in [6, 6.07) is 23.5. The molecule has 3 aromatic rings. The summed E-state index contributed by atoms with van der Waals surface area (Å²) in [4.78, 5) is 25.8. The van der Waals surface area contributed by atoms with Gasteiger partial charge in [0.2, 0.25) is 0 Å². The molecule has 1 aliphatic rings. The predicted octanol–water partition coefficient (Wildman–Crippen LogP) is 4.28. The van der Waals surface area contributed by atoms with E-state index in [1.807, 2.05) is 30.3 Å². The zero-order valence-corrected chi connectivity index (χ0v) is 18.1. The van der Waals surface area contributed by atoms with Gasteiger partial charge in [0.15, 0.2) is 0 Å². The van der Waals surface area contributed by atoms with E-state index < -0.39 is 6.09 Å². The average Bonchev–Trinajstić information content (AvgIpc) is 3.14. The van der Waals surface area contributed by atoms with Crippen molar-refractivity contribution in [1.29, 1.82) is 0 Å². The van der Waals surface area contributed by atoms with Crippen molar-refractivity contribution in [3.8, 4) is 23.0 Å². The van der Waals surface area contributed by atoms with Gasteiger partial charge in [0.1, 0.15) is 6.61 Å². The van der Waals surface area contributed by atoms with Crippen LogP contribution >= 0.6 is 0 Å². The maximum absolute atomic E-state index is 12.2. The van der Waals surface area contributed by atoms with E-state index in [0.29, 0.717) is 11.1 Å². The first-order valence-corrected chi connectivity index (χ1v) is 10.4. The summed E-state index contributed by atoms with van der Waals surface area (Å²) in [6.45, 7) is 0.421. The zero-order chi connectivity index (χ0) is 22.5. The van der Waals surface area contributed by atoms with Gasteiger partial charge in [-0.25, -0.2) is 4.79 Å². The van der Waals surface area contributed by atoms with Crippen molar-refractivity contribution in [2.75, 3.05) is 27.2 Å². The van der Waals surface area contributed by atoms with Crippen LogP contribution in [0.3, 0.4) is 0 Å². The second-order valence-corrected chi connectivity index (χ2v) is 7.76. The molecule has 0 unspecified atom stereocenters. The molecule has 5 heteroatoms. The number of ether oxygens (including phenoxy) is 1. The molecule has 2 amide bonds. The van der Waals surface area contributed by atoms with E-state index in [4.69, 9.17) is 4.74 Å². The topological polar surface area (TPSA) is 58.6 Å². The van der Waals surface area contributed by atoms with Crippen LogP contribution in [0.15, 0.2) is 72.8 Å². The average molecular weight is 425 g/mol. The molecule has 1 aliphatic carbocycles. The molecule has 4 rings (SSSR count). The maximum atomic E-state index is 12.2. The van der Waals surface area contributed by atoms with Gasteiger partial charge in [0.05, 0.1) is 6.54 Å². The first-order valence-electron chi connectivity index (χ1n) is 10.4. The minimum atomic E-state index is -0.502. The molecule has 160 valence electrons. The van der Waals surface area contributed by atoms with Gasteiger partial charge in [-0.1, -0.05) is 66.4 Å². The van der Waals surface area contributed by atoms with Gasteiger partial charge in [-0.15, -0.1) is 0 Å². The fraction of sp³-hybridized carbons (Fsp3) is 0.185. The molecule has 0 aromatic heterocycles. The quantitative estimate of drug-likeness (QED) is 0.636. The van der Waals surface area contributed by atoms with Crippen molar-refractivity contribution in [2.45, 2.75) is 5.92 Å². The standard InChI is InChI=1S/C27H24N2O3/c1-29(2)26(30)20-11-7-9-19(17-20)10-8-16-28-27(31)32-18-25-23-14-5-3-12-21(23)22-13-4-6-15-24(22)25/h3-7,9,11-15,17,25H,16,18H2,1-2H3,(H,28,31). The molecule has 0 heterocycles. The van der Waals surface area contributed by atoms with Gasteiger partial charge in [0, 0.05) is 31.1 Å². The minimum Gasteiger partial charge on any atom is -0.449 e. The van der Waals surface area contributed by atoms with E-state index >= 15 is 0 Å². The normalized spacial score (nSPS) is 11.6. The number of carbonyl (C=O) groups is 2. The first kappa shape index (κ1) is 21.2. The molecule has 0 spiro atoms. The SMILES string of the molecule is CN(C)C(=O)c1cccc(C#CCNC(=O)OCC2c3ccccc3-c3ccccc32)c1. The Labute approximate surface area is 188 Å². The Kier molecular flexibility index (Phi) is 6.23. The van der Waals surface area contributed by atoms with Crippen LogP contribution in [0.5, 0.6) is 0 Å². The van der Waals surface area contributed by atoms with Crippen LogP contribution in [0.4, 0.5) is 4.79 Å². The lowest BCUT2D eigenvalue weighted by atomic mass is 9.98. The summed E-state index contributed by atoms with van der Waals surface area (Å²) >= 11 is 0. The van der Waals surface area contributed by atoms with Crippen molar-refractivity contribution in [2.24, 2.45) is 0 Å². The number of nitrogens with zero attached hydrogens (tertiary/aromatic N) is 1. The number of hydrogen-bond donors (Lipinski definition) is 1. The van der Waals surface area contributed by atoms with E-state index in [9.17, 15) is 9.59 Å². The van der Waals surface area contributed by atoms with Crippen molar-refractivity contribution >= 4 is 12.0 Å². The molecule has 0 saturated carbocycles. The number of benzene rings is 3. The Morgan fingerprint density at radius 1 is 0.938 bits per heavy atom. The van der Waals surface area contributed by atoms with Gasteiger partial charge in [-0.3, -0.25) is 4.79 Å². The molecule has 0 aliphatic heterocycles. The Hall–Kier alpha value is -4.04. The third-order valence-electron chi connectivity index (χ3n) is 5.41. The predicted molar refractivity (Wildman–Crippen MR) is 124 cm³/mol. The van der Waals surface area contributed by atoms with Crippen LogP contribution in [0, 0.1) is 11.8 Å². The number of nitrogens with one attached hydrogen (secondary N) is 1. The highest BCUT2D eigenvalue weighted by Crippen LogP contribution is 2.44. The Bertz CT molecular complexity index is 1180. The highest BCUT2D eigenvalue weighted by Gasteiger charge is 2.28. The Morgan fingerprint density at radius 2 is 1.59 bits per heavy atom. The van der Waals surface area contributed by atoms with Gasteiger partial charge in [-0.2, -0.15) is 0 Å². The second kappa shape index (κ2) is 9.40. The van der Waals surface area contributed by atoms with Gasteiger partial charge >= 0.3 is 6.09 Å². The smallest absolute Gasteiger partial charge is 0.407 e. The lowest BCUT2D eigenvalue weighted by molar-refractivity contribution is 0.0827. The van der Waals surface area contributed by atoms with Gasteiger partial charge < -0.3 is 15.0 Å². The number of hydrogen-bond acceptors (Lipinski definition) is 3. The maximum Gasteiger partial charge on any atom is 0.407 e. The molecule has 5 nitrogen and oxygen atoms in total. The van der Waals surface area contributed by atoms with E-state index in [1.54, 1.807) is 32.3 Å². The molecule has 0 bridgehead atoms. The van der Waals surface area contributed by atoms with Crippen molar-refractivity contribution in [3.05, 3.63) is 95.1 Å². The van der Waals surface area contributed by atoms with Crippen LogP contribution in [0.2, 0.25) is 0 Å². The van der Waals surface area contributed by atoms with Gasteiger partial charge in [-0.05, 0) is 40.5 Å². The summed E-state index contributed by atoms with van der Waals surface area (Å²) in [5.41, 5.74) is 6.02. The molecule has 0 saturated heterocycles. The highest BCUT2D eigenvalue weighted by molar-refractivity contribution is 5.94. The summed E-state index contributed by atoms with van der Waals surface area (Å²) in [7, 11) is 3.41. The van der Waals surface area contributed by atoms with E-state index in [-0.39, 0.29) is 25.0 Å². The van der Waals surface area contributed by atoms with Crippen LogP contribution in [-0.4, -0.2) is 44.1 Å². The number of amides is 2. The lowest BCUT2D eigenvalue weighted by Crippen LogP contribution is -2.26. The van der Waals surface area contributed by atoms with Crippen LogP contribution < -0.4 is 5.32 Å². The minimum absolute atomic E-state index is 0.0243. The van der Waals surface area contributed by atoms with Crippen molar-refractivity contribution in [1.82, 2.24) is 10.2 Å². The fourth-order valence-corrected chi connectivity index (χ4v) is 3.90. The summed E-state index contributed by atoms with van der Waals surface area (Å²) in [5, 5.41) is 2.67. The number of alkyl carbamates (subject to hydrolysis) is 1. The zero-order valence-electron chi connectivity index (χ0n) is 18.1. The lowest BCUT2D eigenvalue weighted by Gasteiger charge is -2.14. The number of rotatable bonds is 4. The van der Waals surface area contributed by atoms with E-state index in [1.165, 1.54) is 27.2 Å². The van der Waals surface area contributed by atoms with Crippen molar-refractivity contribution in [3.63, 3.8) is 0 Å². The summed E-state index contributed by atoms with van der Waals surface area (Å²) in [6.07, 6.45) is -0.502. The highest BCUT2D eigenvalue weighted by atomic mass is 16.5. The third-order valence-corrected chi connectivity index (χ3v) is 5.41. The summed E-state index contributed by atoms with van der Waals surface area (Å²) < 4.78 is 5.50. The molecule has 0 radical (unpaired) electrons. The molecule has 0 fully saturated rings. The van der Waals surface area contributed by atoms with Crippen LogP contribution in [0.1, 0.15) is 33.0 Å². The number of fused-ring (bicyclic) bond motifs is 3. The molecular formula is C27H24N2O3. The molecule has 32 heavy (non-hydrogen) atoms.